The molecule has 0 unspecified atom stereocenters. The van der Waals surface area contributed by atoms with Gasteiger partial charge < -0.3 is 10.2 Å². The molecule has 22 heavy (non-hydrogen) atoms. The molecule has 9 heteroatoms. The van der Waals surface area contributed by atoms with E-state index in [1.54, 1.807) is 32.2 Å². The Morgan fingerprint density at radius 1 is 1.50 bits per heavy atom. The Morgan fingerprint density at radius 2 is 2.09 bits per heavy atom. The lowest BCUT2D eigenvalue weighted by Gasteiger charge is -2.27. The van der Waals surface area contributed by atoms with Crippen LogP contribution in [0.3, 0.4) is 0 Å². The molecule has 0 fully saturated rings. The SMILES string of the molecule is CN=C(NCC(C)(C)S(C)(=O)=O)N(C)Cc1csc(C)n1.I. The summed E-state index contributed by atoms with van der Waals surface area (Å²) in [5, 5.41) is 6.16. The van der Waals surface area contributed by atoms with Crippen molar-refractivity contribution in [3.05, 3.63) is 16.1 Å². The summed E-state index contributed by atoms with van der Waals surface area (Å²) in [5.41, 5.74) is 0.977. The Kier molecular flexibility index (Phi) is 8.28. The highest BCUT2D eigenvalue weighted by Gasteiger charge is 2.30. The highest BCUT2D eigenvalue weighted by molar-refractivity contribution is 14.0. The van der Waals surface area contributed by atoms with E-state index in [1.807, 2.05) is 24.3 Å². The first-order chi connectivity index (χ1) is 9.56. The van der Waals surface area contributed by atoms with Crippen molar-refractivity contribution in [2.75, 3.05) is 26.9 Å². The van der Waals surface area contributed by atoms with Gasteiger partial charge in [0.05, 0.1) is 22.0 Å². The van der Waals surface area contributed by atoms with Crippen LogP contribution >= 0.6 is 35.3 Å². The highest BCUT2D eigenvalue weighted by atomic mass is 127. The highest BCUT2D eigenvalue weighted by Crippen LogP contribution is 2.14. The zero-order chi connectivity index (χ0) is 16.3. The summed E-state index contributed by atoms with van der Waals surface area (Å²) in [6, 6.07) is 0. The number of hydrogen-bond donors (Lipinski definition) is 1. The van der Waals surface area contributed by atoms with E-state index < -0.39 is 14.6 Å². The fourth-order valence-corrected chi connectivity index (χ4v) is 2.54. The van der Waals surface area contributed by atoms with Crippen LogP contribution < -0.4 is 5.32 Å². The molecule has 1 N–H and O–H groups in total. The average Bonchev–Trinajstić information content (AvgIpc) is 2.73. The Balaban J connectivity index is 0.00000441. The van der Waals surface area contributed by atoms with Crippen molar-refractivity contribution in [1.29, 1.82) is 0 Å². The Bertz CT molecular complexity index is 611. The van der Waals surface area contributed by atoms with E-state index in [0.29, 0.717) is 19.0 Å². The van der Waals surface area contributed by atoms with Crippen molar-refractivity contribution in [3.8, 4) is 0 Å². The topological polar surface area (TPSA) is 74.7 Å². The quantitative estimate of drug-likeness (QED) is 0.413. The number of aromatic nitrogens is 1. The van der Waals surface area contributed by atoms with Gasteiger partial charge in [0.25, 0.3) is 0 Å². The molecule has 0 spiro atoms. The standard InChI is InChI=1S/C13H24N4O2S2.HI/c1-10-16-11(8-20-10)7-17(5)12(14-4)15-9-13(2,3)21(6,18)19;/h8H,7,9H2,1-6H3,(H,14,15);1H. The van der Waals surface area contributed by atoms with Crippen LogP contribution in [0.25, 0.3) is 0 Å². The summed E-state index contributed by atoms with van der Waals surface area (Å²) in [4.78, 5) is 10.5. The van der Waals surface area contributed by atoms with Crippen molar-refractivity contribution in [2.24, 2.45) is 4.99 Å². The molecular formula is C13H25IN4O2S2. The fourth-order valence-electron chi connectivity index (χ4n) is 1.61. The maximum absolute atomic E-state index is 11.7. The van der Waals surface area contributed by atoms with E-state index >= 15 is 0 Å². The van der Waals surface area contributed by atoms with Crippen LogP contribution in [0.1, 0.15) is 24.5 Å². The van der Waals surface area contributed by atoms with Crippen molar-refractivity contribution >= 4 is 51.1 Å². The van der Waals surface area contributed by atoms with Gasteiger partial charge in [-0.05, 0) is 20.8 Å². The Hall–Kier alpha value is -0.420. The number of aliphatic imine (C=N–C) groups is 1. The van der Waals surface area contributed by atoms with Gasteiger partial charge in [-0.2, -0.15) is 0 Å². The van der Waals surface area contributed by atoms with E-state index in [2.05, 4.69) is 15.3 Å². The summed E-state index contributed by atoms with van der Waals surface area (Å²) in [5.74, 6) is 0.650. The first-order valence-electron chi connectivity index (χ1n) is 6.59. The van der Waals surface area contributed by atoms with Crippen LogP contribution in [0.2, 0.25) is 0 Å². The molecule has 0 aliphatic rings. The molecule has 128 valence electrons. The van der Waals surface area contributed by atoms with Gasteiger partial charge in [0.2, 0.25) is 0 Å². The third kappa shape index (κ3) is 5.99. The van der Waals surface area contributed by atoms with E-state index in [4.69, 9.17) is 0 Å². The number of aryl methyl sites for hydroxylation is 1. The maximum Gasteiger partial charge on any atom is 0.193 e. The van der Waals surface area contributed by atoms with Gasteiger partial charge in [0.1, 0.15) is 0 Å². The largest absolute Gasteiger partial charge is 0.355 e. The van der Waals surface area contributed by atoms with Crippen molar-refractivity contribution in [3.63, 3.8) is 0 Å². The fraction of sp³-hybridized carbons (Fsp3) is 0.692. The Morgan fingerprint density at radius 3 is 2.50 bits per heavy atom. The monoisotopic (exact) mass is 460 g/mol. The second-order valence-electron chi connectivity index (χ2n) is 5.65. The molecule has 1 rings (SSSR count). The Labute approximate surface area is 154 Å². The molecule has 0 saturated heterocycles. The number of sulfone groups is 1. The van der Waals surface area contributed by atoms with Crippen LogP contribution in [-0.4, -0.2) is 55.9 Å². The van der Waals surface area contributed by atoms with Gasteiger partial charge >= 0.3 is 0 Å². The summed E-state index contributed by atoms with van der Waals surface area (Å²) in [7, 11) is 0.445. The van der Waals surface area contributed by atoms with Gasteiger partial charge in [-0.15, -0.1) is 35.3 Å². The molecule has 0 aromatic carbocycles. The minimum atomic E-state index is -3.13. The van der Waals surface area contributed by atoms with Crippen LogP contribution in [0.15, 0.2) is 10.4 Å². The molecular weight excluding hydrogens is 435 g/mol. The molecule has 1 aromatic heterocycles. The molecule has 0 radical (unpaired) electrons. The minimum absolute atomic E-state index is 0. The first kappa shape index (κ1) is 21.6. The predicted octanol–water partition coefficient (Wildman–Crippen LogP) is 1.90. The van der Waals surface area contributed by atoms with Crippen LogP contribution in [0.4, 0.5) is 0 Å². The average molecular weight is 460 g/mol. The van der Waals surface area contributed by atoms with Crippen molar-refractivity contribution in [2.45, 2.75) is 32.1 Å². The second-order valence-corrected chi connectivity index (χ2v) is 9.36. The summed E-state index contributed by atoms with van der Waals surface area (Å²) in [6.07, 6.45) is 1.25. The van der Waals surface area contributed by atoms with E-state index in [-0.39, 0.29) is 24.0 Å². The van der Waals surface area contributed by atoms with E-state index in [0.717, 1.165) is 10.7 Å². The molecule has 0 saturated carbocycles. The summed E-state index contributed by atoms with van der Waals surface area (Å²) >= 11 is 1.61. The van der Waals surface area contributed by atoms with E-state index in [9.17, 15) is 8.42 Å². The number of rotatable bonds is 5. The molecule has 1 aromatic rings. The number of nitrogens with zero attached hydrogens (tertiary/aromatic N) is 3. The second kappa shape index (κ2) is 8.44. The van der Waals surface area contributed by atoms with Gasteiger partial charge in [0, 0.05) is 32.3 Å². The lowest BCUT2D eigenvalue weighted by molar-refractivity contribution is 0.462. The maximum atomic E-state index is 11.7. The zero-order valence-corrected chi connectivity index (χ0v) is 17.8. The molecule has 6 nitrogen and oxygen atoms in total. The van der Waals surface area contributed by atoms with Gasteiger partial charge in [0.15, 0.2) is 15.8 Å². The normalized spacial score (nSPS) is 12.7. The predicted molar refractivity (Wildman–Crippen MR) is 104 cm³/mol. The van der Waals surface area contributed by atoms with Gasteiger partial charge in [-0.1, -0.05) is 0 Å². The molecule has 0 amide bonds. The number of guanidine groups is 1. The lowest BCUT2D eigenvalue weighted by atomic mass is 10.2. The number of nitrogens with one attached hydrogen (secondary N) is 1. The van der Waals surface area contributed by atoms with Crippen LogP contribution in [0.5, 0.6) is 0 Å². The smallest absolute Gasteiger partial charge is 0.193 e. The summed E-state index contributed by atoms with van der Waals surface area (Å²) in [6.45, 7) is 6.30. The molecule has 0 bridgehead atoms. The van der Waals surface area contributed by atoms with Crippen molar-refractivity contribution < 1.29 is 8.42 Å². The zero-order valence-electron chi connectivity index (χ0n) is 13.9. The van der Waals surface area contributed by atoms with Gasteiger partial charge in [-0.3, -0.25) is 4.99 Å². The minimum Gasteiger partial charge on any atom is -0.355 e. The molecule has 0 aliphatic carbocycles. The summed E-state index contributed by atoms with van der Waals surface area (Å²) < 4.78 is 22.6. The lowest BCUT2D eigenvalue weighted by Crippen LogP contribution is -2.48. The molecule has 0 aliphatic heterocycles. The number of thiazole rings is 1. The van der Waals surface area contributed by atoms with Crippen molar-refractivity contribution in [1.82, 2.24) is 15.2 Å². The third-order valence-electron chi connectivity index (χ3n) is 3.32. The van der Waals surface area contributed by atoms with Crippen LogP contribution in [-0.2, 0) is 16.4 Å². The van der Waals surface area contributed by atoms with E-state index in [1.165, 1.54) is 6.26 Å². The molecule has 0 atom stereocenters. The van der Waals surface area contributed by atoms with Gasteiger partial charge in [-0.25, -0.2) is 13.4 Å². The van der Waals surface area contributed by atoms with Crippen LogP contribution in [0, 0.1) is 6.92 Å². The first-order valence-corrected chi connectivity index (χ1v) is 9.36. The number of hydrogen-bond acceptors (Lipinski definition) is 5. The number of halogens is 1. The third-order valence-corrected chi connectivity index (χ3v) is 6.29. The molecule has 1 heterocycles.